The van der Waals surface area contributed by atoms with Crippen molar-refractivity contribution in [3.63, 3.8) is 0 Å². The van der Waals surface area contributed by atoms with Gasteiger partial charge >= 0.3 is 0 Å². The Bertz CT molecular complexity index is 794. The van der Waals surface area contributed by atoms with Gasteiger partial charge in [0, 0.05) is 26.7 Å². The third kappa shape index (κ3) is 4.06. The summed E-state index contributed by atoms with van der Waals surface area (Å²) in [4.78, 5) is 6.78. The standard InChI is InChI=1S/C20H23N3O2.HI/c1-21-20(23-11-9-16-4-2-3-5-17(16)13-23)22-10-8-15-6-7-18-19(12-15)25-14-24-18;/h2-7,12H,8-11,13-14H2,1H3,(H,21,22);1H. The molecule has 0 radical (unpaired) electrons. The molecule has 2 aromatic carbocycles. The van der Waals surface area contributed by atoms with Gasteiger partial charge in [-0.2, -0.15) is 0 Å². The fourth-order valence-corrected chi connectivity index (χ4v) is 3.42. The van der Waals surface area contributed by atoms with Gasteiger partial charge in [0.15, 0.2) is 17.5 Å². The van der Waals surface area contributed by atoms with Crippen molar-refractivity contribution in [1.82, 2.24) is 10.2 Å². The van der Waals surface area contributed by atoms with Gasteiger partial charge in [-0.3, -0.25) is 4.99 Å². The van der Waals surface area contributed by atoms with Crippen LogP contribution in [0.3, 0.4) is 0 Å². The number of fused-ring (bicyclic) bond motifs is 2. The van der Waals surface area contributed by atoms with E-state index < -0.39 is 0 Å². The van der Waals surface area contributed by atoms with E-state index in [0.29, 0.717) is 6.79 Å². The Kier molecular flexibility index (Phi) is 6.24. The number of rotatable bonds is 3. The second kappa shape index (κ2) is 8.62. The Balaban J connectivity index is 0.00000196. The highest BCUT2D eigenvalue weighted by atomic mass is 127. The second-order valence-corrected chi connectivity index (χ2v) is 6.35. The molecule has 0 aromatic heterocycles. The predicted molar refractivity (Wildman–Crippen MR) is 114 cm³/mol. The number of nitrogens with one attached hydrogen (secondary N) is 1. The van der Waals surface area contributed by atoms with Gasteiger partial charge in [0.1, 0.15) is 0 Å². The average Bonchev–Trinajstić information content (AvgIpc) is 3.13. The highest BCUT2D eigenvalue weighted by Crippen LogP contribution is 2.32. The Hall–Kier alpha value is -1.96. The van der Waals surface area contributed by atoms with Gasteiger partial charge in [-0.15, -0.1) is 24.0 Å². The lowest BCUT2D eigenvalue weighted by Gasteiger charge is -2.31. The molecular formula is C20H24IN3O2. The van der Waals surface area contributed by atoms with Crippen LogP contribution in [0.2, 0.25) is 0 Å². The van der Waals surface area contributed by atoms with Gasteiger partial charge in [-0.05, 0) is 41.7 Å². The van der Waals surface area contributed by atoms with Crippen LogP contribution >= 0.6 is 24.0 Å². The number of halogens is 1. The summed E-state index contributed by atoms with van der Waals surface area (Å²) in [5, 5.41) is 3.49. The van der Waals surface area contributed by atoms with Crippen molar-refractivity contribution in [3.05, 3.63) is 59.2 Å². The first-order valence-electron chi connectivity index (χ1n) is 8.74. The smallest absolute Gasteiger partial charge is 0.231 e. The Morgan fingerprint density at radius 3 is 2.77 bits per heavy atom. The van der Waals surface area contributed by atoms with E-state index in [9.17, 15) is 0 Å². The molecule has 0 saturated heterocycles. The number of benzene rings is 2. The molecule has 1 N–H and O–H groups in total. The van der Waals surface area contributed by atoms with Gasteiger partial charge in [0.05, 0.1) is 0 Å². The molecule has 4 rings (SSSR count). The van der Waals surface area contributed by atoms with E-state index >= 15 is 0 Å². The number of ether oxygens (including phenoxy) is 2. The molecule has 0 saturated carbocycles. The summed E-state index contributed by atoms with van der Waals surface area (Å²) >= 11 is 0. The molecule has 2 heterocycles. The summed E-state index contributed by atoms with van der Waals surface area (Å²) in [5.74, 6) is 2.64. The summed E-state index contributed by atoms with van der Waals surface area (Å²) in [6.07, 6.45) is 1.99. The van der Waals surface area contributed by atoms with Crippen LogP contribution in [0.25, 0.3) is 0 Å². The van der Waals surface area contributed by atoms with Crippen LogP contribution < -0.4 is 14.8 Å². The van der Waals surface area contributed by atoms with Crippen molar-refractivity contribution in [3.8, 4) is 11.5 Å². The van der Waals surface area contributed by atoms with E-state index in [1.54, 1.807) is 0 Å². The quantitative estimate of drug-likeness (QED) is 0.430. The molecule has 0 amide bonds. The van der Waals surface area contributed by atoms with Crippen LogP contribution in [-0.2, 0) is 19.4 Å². The van der Waals surface area contributed by atoms with E-state index in [1.807, 2.05) is 13.1 Å². The normalized spacial score (nSPS) is 15.3. The van der Waals surface area contributed by atoms with E-state index in [1.165, 1.54) is 16.7 Å². The van der Waals surface area contributed by atoms with Crippen LogP contribution in [0, 0.1) is 0 Å². The number of aliphatic imine (C=N–C) groups is 1. The zero-order valence-electron chi connectivity index (χ0n) is 14.9. The maximum absolute atomic E-state index is 5.44. The first-order valence-corrected chi connectivity index (χ1v) is 8.74. The maximum atomic E-state index is 5.44. The van der Waals surface area contributed by atoms with Gasteiger partial charge < -0.3 is 19.7 Å². The van der Waals surface area contributed by atoms with Crippen molar-refractivity contribution in [1.29, 1.82) is 0 Å². The van der Waals surface area contributed by atoms with Crippen LogP contribution in [0.4, 0.5) is 0 Å². The third-order valence-electron chi connectivity index (χ3n) is 4.78. The fourth-order valence-electron chi connectivity index (χ4n) is 3.42. The second-order valence-electron chi connectivity index (χ2n) is 6.35. The largest absolute Gasteiger partial charge is 0.454 e. The minimum atomic E-state index is 0. The first kappa shape index (κ1) is 18.8. The minimum Gasteiger partial charge on any atom is -0.454 e. The van der Waals surface area contributed by atoms with Crippen LogP contribution in [0.5, 0.6) is 11.5 Å². The van der Waals surface area contributed by atoms with E-state index in [-0.39, 0.29) is 24.0 Å². The van der Waals surface area contributed by atoms with Crippen LogP contribution in [-0.4, -0.2) is 37.8 Å². The summed E-state index contributed by atoms with van der Waals surface area (Å²) < 4.78 is 10.8. The summed E-state index contributed by atoms with van der Waals surface area (Å²) in [6, 6.07) is 14.8. The van der Waals surface area contributed by atoms with Crippen molar-refractivity contribution >= 4 is 29.9 Å². The lowest BCUT2D eigenvalue weighted by Crippen LogP contribution is -2.44. The van der Waals surface area contributed by atoms with Crippen LogP contribution in [0.15, 0.2) is 47.5 Å². The minimum absolute atomic E-state index is 0. The van der Waals surface area contributed by atoms with Gasteiger partial charge in [-0.1, -0.05) is 30.3 Å². The van der Waals surface area contributed by atoms with Crippen molar-refractivity contribution in [2.24, 2.45) is 4.99 Å². The maximum Gasteiger partial charge on any atom is 0.231 e. The third-order valence-corrected chi connectivity index (χ3v) is 4.78. The van der Waals surface area contributed by atoms with Gasteiger partial charge in [-0.25, -0.2) is 0 Å². The number of nitrogens with zero attached hydrogens (tertiary/aromatic N) is 2. The number of hydrogen-bond acceptors (Lipinski definition) is 3. The zero-order chi connectivity index (χ0) is 17.1. The van der Waals surface area contributed by atoms with Crippen molar-refractivity contribution in [2.45, 2.75) is 19.4 Å². The molecule has 2 aromatic rings. The molecule has 0 unspecified atom stereocenters. The number of hydrogen-bond donors (Lipinski definition) is 1. The Morgan fingerprint density at radius 2 is 1.92 bits per heavy atom. The van der Waals surface area contributed by atoms with E-state index in [4.69, 9.17) is 9.47 Å². The topological polar surface area (TPSA) is 46.1 Å². The zero-order valence-corrected chi connectivity index (χ0v) is 17.2. The number of guanidine groups is 1. The molecule has 26 heavy (non-hydrogen) atoms. The lowest BCUT2D eigenvalue weighted by atomic mass is 10.0. The molecule has 2 aliphatic rings. The van der Waals surface area contributed by atoms with E-state index in [2.05, 4.69) is 51.6 Å². The van der Waals surface area contributed by atoms with Crippen LogP contribution in [0.1, 0.15) is 16.7 Å². The molecule has 0 atom stereocenters. The molecular weight excluding hydrogens is 441 g/mol. The first-order chi connectivity index (χ1) is 12.3. The Morgan fingerprint density at radius 1 is 1.12 bits per heavy atom. The monoisotopic (exact) mass is 465 g/mol. The molecule has 6 heteroatoms. The average molecular weight is 465 g/mol. The molecule has 5 nitrogen and oxygen atoms in total. The predicted octanol–water partition coefficient (Wildman–Crippen LogP) is 3.21. The van der Waals surface area contributed by atoms with Gasteiger partial charge in [0.2, 0.25) is 6.79 Å². The molecule has 2 aliphatic heterocycles. The van der Waals surface area contributed by atoms with Gasteiger partial charge in [0.25, 0.3) is 0 Å². The molecule has 0 fully saturated rings. The SMILES string of the molecule is CN=C(NCCc1ccc2c(c1)OCO2)N1CCc2ccccc2C1.I. The summed E-state index contributed by atoms with van der Waals surface area (Å²) in [6.45, 7) is 3.07. The molecule has 0 bridgehead atoms. The lowest BCUT2D eigenvalue weighted by molar-refractivity contribution is 0.174. The van der Waals surface area contributed by atoms with Crippen molar-refractivity contribution < 1.29 is 9.47 Å². The highest BCUT2D eigenvalue weighted by molar-refractivity contribution is 14.0. The highest BCUT2D eigenvalue weighted by Gasteiger charge is 2.18. The summed E-state index contributed by atoms with van der Waals surface area (Å²) in [5.41, 5.74) is 4.08. The van der Waals surface area contributed by atoms with Crippen molar-refractivity contribution in [2.75, 3.05) is 26.9 Å². The molecule has 138 valence electrons. The van der Waals surface area contributed by atoms with E-state index in [0.717, 1.165) is 49.9 Å². The fraction of sp³-hybridized carbons (Fsp3) is 0.350. The molecule has 0 aliphatic carbocycles. The Labute approximate surface area is 171 Å². The summed E-state index contributed by atoms with van der Waals surface area (Å²) in [7, 11) is 1.85. The molecule has 0 spiro atoms.